The topological polar surface area (TPSA) is 122 Å². The molecule has 9 nitrogen and oxygen atoms in total. The standard InChI is InChI=1S/C19H24O9P2/c1-13-6-7-15-10-16(19(22)27-17(15)9-13)18(21)25-12-26-30(23,29-28-24-3)8-4-5-14(2)11-20/h5-7,9-10,20,29H,4,8,11-12H2,1-3H3/b14-5+. The van der Waals surface area contributed by atoms with E-state index >= 15 is 0 Å². The molecule has 0 aliphatic carbocycles. The van der Waals surface area contributed by atoms with Gasteiger partial charge in [0.1, 0.15) is 19.6 Å². The van der Waals surface area contributed by atoms with Crippen LogP contribution in [0.25, 0.3) is 11.0 Å². The summed E-state index contributed by atoms with van der Waals surface area (Å²) in [5.41, 5.74) is 0.870. The Morgan fingerprint density at radius 3 is 2.80 bits per heavy atom. The van der Waals surface area contributed by atoms with Crippen molar-refractivity contribution >= 4 is 32.5 Å². The number of hydrogen-bond donors (Lipinski definition) is 1. The highest BCUT2D eigenvalue weighted by molar-refractivity contribution is 8.20. The van der Waals surface area contributed by atoms with Gasteiger partial charge in [-0.05, 0) is 38.0 Å². The minimum absolute atomic E-state index is 0.0984. The maximum absolute atomic E-state index is 12.9. The van der Waals surface area contributed by atoms with E-state index in [2.05, 4.69) is 4.89 Å². The van der Waals surface area contributed by atoms with E-state index < -0.39 is 33.9 Å². The molecule has 0 spiro atoms. The van der Waals surface area contributed by atoms with E-state index in [0.29, 0.717) is 17.4 Å². The van der Waals surface area contributed by atoms with Crippen LogP contribution >= 0.6 is 15.6 Å². The Morgan fingerprint density at radius 2 is 2.10 bits per heavy atom. The second-order valence-corrected chi connectivity index (χ2v) is 11.4. The number of rotatable bonds is 11. The molecule has 0 radical (unpaired) electrons. The van der Waals surface area contributed by atoms with Gasteiger partial charge in [0.15, 0.2) is 6.79 Å². The van der Waals surface area contributed by atoms with Gasteiger partial charge < -0.3 is 14.3 Å². The fraction of sp³-hybridized carbons (Fsp3) is 0.368. The first-order valence-electron chi connectivity index (χ1n) is 8.96. The summed E-state index contributed by atoms with van der Waals surface area (Å²) in [5.74, 6) is -0.954. The quantitative estimate of drug-likeness (QED) is 0.102. The van der Waals surface area contributed by atoms with Gasteiger partial charge in [-0.15, -0.1) is 0 Å². The number of esters is 1. The van der Waals surface area contributed by atoms with Crippen molar-refractivity contribution in [1.29, 1.82) is 0 Å². The number of fused-ring (bicyclic) bond motifs is 1. The van der Waals surface area contributed by atoms with Gasteiger partial charge in [0.25, 0.3) is 7.06 Å². The van der Waals surface area contributed by atoms with Crippen LogP contribution < -0.4 is 5.63 Å². The normalized spacial score (nSPS) is 14.3. The maximum atomic E-state index is 12.9. The first-order valence-corrected chi connectivity index (χ1v) is 12.5. The molecule has 0 amide bonds. The smallest absolute Gasteiger partial charge is 0.351 e. The van der Waals surface area contributed by atoms with Gasteiger partial charge in [-0.3, -0.25) is 9.09 Å². The van der Waals surface area contributed by atoms with Crippen molar-refractivity contribution in [2.24, 2.45) is 0 Å². The molecule has 1 aromatic carbocycles. The second-order valence-electron chi connectivity index (χ2n) is 6.40. The summed E-state index contributed by atoms with van der Waals surface area (Å²) in [6, 6.07) is 6.61. The van der Waals surface area contributed by atoms with Gasteiger partial charge in [-0.25, -0.2) is 19.2 Å². The molecule has 164 valence electrons. The summed E-state index contributed by atoms with van der Waals surface area (Å²) in [6.07, 6.45) is 2.19. The van der Waals surface area contributed by atoms with Crippen LogP contribution in [0.5, 0.6) is 0 Å². The third-order valence-corrected chi connectivity index (χ3v) is 7.99. The molecule has 30 heavy (non-hydrogen) atoms. The number of allylic oxidation sites excluding steroid dienone is 1. The molecule has 0 aliphatic rings. The zero-order valence-electron chi connectivity index (χ0n) is 16.9. The first kappa shape index (κ1) is 24.4. The summed E-state index contributed by atoms with van der Waals surface area (Å²) in [5, 5.41) is 9.59. The average molecular weight is 458 g/mol. The molecule has 2 unspecified atom stereocenters. The molecule has 0 bridgehead atoms. The molecule has 2 aromatic rings. The molecule has 1 heterocycles. The second kappa shape index (κ2) is 11.5. The number of benzene rings is 1. The highest BCUT2D eigenvalue weighted by Gasteiger charge is 2.26. The molecule has 1 aromatic heterocycles. The van der Waals surface area contributed by atoms with E-state index in [4.69, 9.17) is 23.5 Å². The minimum Gasteiger partial charge on any atom is -0.434 e. The maximum Gasteiger partial charge on any atom is 0.351 e. The van der Waals surface area contributed by atoms with E-state index in [-0.39, 0.29) is 18.3 Å². The van der Waals surface area contributed by atoms with Crippen LogP contribution in [0.3, 0.4) is 0 Å². The zero-order chi connectivity index (χ0) is 22.1. The monoisotopic (exact) mass is 458 g/mol. The van der Waals surface area contributed by atoms with Gasteiger partial charge in [0.05, 0.1) is 13.7 Å². The van der Waals surface area contributed by atoms with Crippen LogP contribution in [-0.2, 0) is 23.4 Å². The Labute approximate surface area is 175 Å². The van der Waals surface area contributed by atoms with E-state index in [9.17, 15) is 14.2 Å². The molecule has 2 atom stereocenters. The van der Waals surface area contributed by atoms with Crippen molar-refractivity contribution in [3.05, 3.63) is 57.5 Å². The third-order valence-electron chi connectivity index (χ3n) is 3.99. The van der Waals surface area contributed by atoms with Gasteiger partial charge in [0.2, 0.25) is 0 Å². The zero-order valence-corrected chi connectivity index (χ0v) is 18.8. The Morgan fingerprint density at radius 1 is 1.33 bits per heavy atom. The van der Waals surface area contributed by atoms with E-state index in [1.807, 2.05) is 13.0 Å². The largest absolute Gasteiger partial charge is 0.434 e. The fourth-order valence-electron chi connectivity index (χ4n) is 2.38. The summed E-state index contributed by atoms with van der Waals surface area (Å²) < 4.78 is 33.0. The van der Waals surface area contributed by atoms with Crippen LogP contribution in [-0.4, -0.2) is 37.7 Å². The molecule has 0 saturated carbocycles. The summed E-state index contributed by atoms with van der Waals surface area (Å²) >= 11 is 0. The number of hydrogen-bond acceptors (Lipinski definition) is 9. The third kappa shape index (κ3) is 7.13. The van der Waals surface area contributed by atoms with Crippen LogP contribution in [0.15, 0.2) is 45.1 Å². The Kier molecular flexibility index (Phi) is 9.37. The predicted molar refractivity (Wildman–Crippen MR) is 113 cm³/mol. The lowest BCUT2D eigenvalue weighted by Crippen LogP contribution is -2.17. The van der Waals surface area contributed by atoms with E-state index in [1.54, 1.807) is 25.1 Å². The number of carbonyl (C=O) groups excluding carboxylic acids is 1. The molecular weight excluding hydrogens is 434 g/mol. The van der Waals surface area contributed by atoms with E-state index in [1.165, 1.54) is 13.2 Å². The van der Waals surface area contributed by atoms with Gasteiger partial charge >= 0.3 is 11.6 Å². The summed E-state index contributed by atoms with van der Waals surface area (Å²) in [4.78, 5) is 28.9. The highest BCUT2D eigenvalue weighted by Crippen LogP contribution is 2.65. The van der Waals surface area contributed by atoms with Crippen LogP contribution in [0.4, 0.5) is 0 Å². The molecule has 0 saturated heterocycles. The SMILES string of the molecule is COOPP(=O)(CC/C=C(\C)CO)OCOC(=O)c1cc2ccc(C)cc2oc1=O. The van der Waals surface area contributed by atoms with E-state index in [0.717, 1.165) is 11.1 Å². The fourth-order valence-corrected chi connectivity index (χ4v) is 5.07. The van der Waals surface area contributed by atoms with Crippen LogP contribution in [0.1, 0.15) is 29.3 Å². The average Bonchev–Trinajstić information content (AvgIpc) is 2.71. The number of aliphatic hydroxyl groups excluding tert-OH is 1. The summed E-state index contributed by atoms with van der Waals surface area (Å²) in [6.45, 7) is 2.85. The number of ether oxygens (including phenoxy) is 1. The Hall–Kier alpha value is -1.86. The number of aliphatic hydroxyl groups is 1. The van der Waals surface area contributed by atoms with Crippen molar-refractivity contribution in [2.45, 2.75) is 20.3 Å². The van der Waals surface area contributed by atoms with Gasteiger partial charge in [0, 0.05) is 11.5 Å². The lowest BCUT2D eigenvalue weighted by atomic mass is 10.1. The lowest BCUT2D eigenvalue weighted by molar-refractivity contribution is -0.164. The molecule has 0 fully saturated rings. The molecule has 2 rings (SSSR count). The predicted octanol–water partition coefficient (Wildman–Crippen LogP) is 3.93. The molecule has 0 aliphatic heterocycles. The van der Waals surface area contributed by atoms with Crippen molar-refractivity contribution in [2.75, 3.05) is 26.7 Å². The van der Waals surface area contributed by atoms with Crippen molar-refractivity contribution in [1.82, 2.24) is 0 Å². The molecule has 1 N–H and O–H groups in total. The van der Waals surface area contributed by atoms with Crippen molar-refractivity contribution in [3.8, 4) is 0 Å². The van der Waals surface area contributed by atoms with Crippen molar-refractivity contribution < 1.29 is 37.7 Å². The van der Waals surface area contributed by atoms with Crippen molar-refractivity contribution in [3.63, 3.8) is 0 Å². The highest BCUT2D eigenvalue weighted by atomic mass is 32.1. The first-order chi connectivity index (χ1) is 14.3. The van der Waals surface area contributed by atoms with Gasteiger partial charge in [-0.1, -0.05) is 23.8 Å². The van der Waals surface area contributed by atoms with Gasteiger partial charge in [-0.2, -0.15) is 0 Å². The van der Waals surface area contributed by atoms with Crippen LogP contribution in [0.2, 0.25) is 0 Å². The number of carbonyl (C=O) groups is 1. The lowest BCUT2D eigenvalue weighted by Gasteiger charge is -2.16. The minimum atomic E-state index is -3.33. The van der Waals surface area contributed by atoms with Crippen LogP contribution in [0, 0.1) is 6.92 Å². The summed E-state index contributed by atoms with van der Waals surface area (Å²) in [7, 11) is -2.68. The Balaban J connectivity index is 2.03. The Bertz CT molecular complexity index is 1010. The molecule has 11 heteroatoms. The number of aryl methyl sites for hydroxylation is 1. The molecular formula is C19H24O9P2.